The van der Waals surface area contributed by atoms with Gasteiger partial charge in [-0.25, -0.2) is 4.39 Å². The van der Waals surface area contributed by atoms with Gasteiger partial charge < -0.3 is 10.0 Å². The summed E-state index contributed by atoms with van der Waals surface area (Å²) in [7, 11) is 0. The van der Waals surface area contributed by atoms with Crippen LogP contribution in [0.1, 0.15) is 40.2 Å². The van der Waals surface area contributed by atoms with E-state index in [4.69, 9.17) is 0 Å². The van der Waals surface area contributed by atoms with Crippen molar-refractivity contribution in [1.82, 2.24) is 14.7 Å². The number of aryl methyl sites for hydroxylation is 2. The standard InChI is InChI=1S/C19H22FN3O3/c1-4-23-12(3)17(11(2)21-23)18(24)22-9-15(16(10-22)19(25)26)13-5-7-14(20)8-6-13/h5-8,15-16H,4,9-10H2,1-3H3,(H,25,26)/t15-,16+/m0/s1. The van der Waals surface area contributed by atoms with Gasteiger partial charge in [0.2, 0.25) is 0 Å². The number of hydrogen-bond donors (Lipinski definition) is 1. The lowest BCUT2D eigenvalue weighted by Crippen LogP contribution is -2.30. The van der Waals surface area contributed by atoms with Crippen LogP contribution < -0.4 is 0 Å². The molecule has 1 amide bonds. The second-order valence-corrected chi connectivity index (χ2v) is 6.67. The highest BCUT2D eigenvalue weighted by Gasteiger charge is 2.41. The van der Waals surface area contributed by atoms with Gasteiger partial charge in [0.1, 0.15) is 5.82 Å². The van der Waals surface area contributed by atoms with Crippen LogP contribution in [0.3, 0.4) is 0 Å². The Balaban J connectivity index is 1.90. The minimum absolute atomic E-state index is 0.131. The van der Waals surface area contributed by atoms with Crippen LogP contribution in [0.5, 0.6) is 0 Å². The quantitative estimate of drug-likeness (QED) is 0.910. The Morgan fingerprint density at radius 1 is 1.23 bits per heavy atom. The number of likely N-dealkylation sites (tertiary alicyclic amines) is 1. The van der Waals surface area contributed by atoms with Crippen LogP contribution in [0.4, 0.5) is 4.39 Å². The fourth-order valence-electron chi connectivity index (χ4n) is 3.74. The van der Waals surface area contributed by atoms with Crippen LogP contribution in [0.25, 0.3) is 0 Å². The molecule has 3 rings (SSSR count). The van der Waals surface area contributed by atoms with Gasteiger partial charge in [-0.3, -0.25) is 14.3 Å². The van der Waals surface area contributed by atoms with Crippen molar-refractivity contribution in [1.29, 1.82) is 0 Å². The number of carbonyl (C=O) groups excluding carboxylic acids is 1. The Labute approximate surface area is 151 Å². The SMILES string of the molecule is CCn1nc(C)c(C(=O)N2C[C@@H](C(=O)O)[C@H](c3ccc(F)cc3)C2)c1C. The fraction of sp³-hybridized carbons (Fsp3) is 0.421. The largest absolute Gasteiger partial charge is 0.481 e. The number of aromatic nitrogens is 2. The number of halogens is 1. The fourth-order valence-corrected chi connectivity index (χ4v) is 3.74. The molecule has 0 aliphatic carbocycles. The Bertz CT molecular complexity index is 844. The van der Waals surface area contributed by atoms with Gasteiger partial charge in [0.15, 0.2) is 0 Å². The van der Waals surface area contributed by atoms with E-state index in [1.54, 1.807) is 28.6 Å². The topological polar surface area (TPSA) is 75.4 Å². The van der Waals surface area contributed by atoms with Gasteiger partial charge in [0.05, 0.1) is 17.2 Å². The molecule has 1 aromatic carbocycles. The summed E-state index contributed by atoms with van der Waals surface area (Å²) in [6, 6.07) is 5.82. The highest BCUT2D eigenvalue weighted by atomic mass is 19.1. The van der Waals surface area contributed by atoms with Gasteiger partial charge in [-0.05, 0) is 38.5 Å². The van der Waals surface area contributed by atoms with Crippen LogP contribution in [0.2, 0.25) is 0 Å². The van der Waals surface area contributed by atoms with Crippen LogP contribution >= 0.6 is 0 Å². The van der Waals surface area contributed by atoms with E-state index >= 15 is 0 Å². The number of hydrogen-bond acceptors (Lipinski definition) is 3. The van der Waals surface area contributed by atoms with E-state index in [1.165, 1.54) is 12.1 Å². The molecule has 0 unspecified atom stereocenters. The Morgan fingerprint density at radius 3 is 2.42 bits per heavy atom. The van der Waals surface area contributed by atoms with Crippen LogP contribution in [0.15, 0.2) is 24.3 Å². The van der Waals surface area contributed by atoms with Gasteiger partial charge >= 0.3 is 5.97 Å². The predicted octanol–water partition coefficient (Wildman–Crippen LogP) is 2.60. The average Bonchev–Trinajstić information content (AvgIpc) is 3.17. The van der Waals surface area contributed by atoms with Gasteiger partial charge in [-0.15, -0.1) is 0 Å². The zero-order chi connectivity index (χ0) is 19.0. The van der Waals surface area contributed by atoms with E-state index in [0.29, 0.717) is 17.8 Å². The molecule has 1 aromatic heterocycles. The van der Waals surface area contributed by atoms with Gasteiger partial charge in [0.25, 0.3) is 5.91 Å². The second-order valence-electron chi connectivity index (χ2n) is 6.67. The molecule has 0 bridgehead atoms. The summed E-state index contributed by atoms with van der Waals surface area (Å²) in [5.74, 6) is -2.60. The predicted molar refractivity (Wildman–Crippen MR) is 93.5 cm³/mol. The molecule has 0 saturated carbocycles. The number of carboxylic acids is 1. The monoisotopic (exact) mass is 359 g/mol. The highest BCUT2D eigenvalue weighted by molar-refractivity contribution is 5.97. The number of rotatable bonds is 4. The van der Waals surface area contributed by atoms with Crippen molar-refractivity contribution >= 4 is 11.9 Å². The maximum Gasteiger partial charge on any atom is 0.308 e. The lowest BCUT2D eigenvalue weighted by Gasteiger charge is -2.17. The number of benzene rings is 1. The zero-order valence-corrected chi connectivity index (χ0v) is 15.1. The third kappa shape index (κ3) is 3.09. The van der Waals surface area contributed by atoms with Crippen molar-refractivity contribution in [3.8, 4) is 0 Å². The van der Waals surface area contributed by atoms with Gasteiger partial charge in [-0.1, -0.05) is 12.1 Å². The van der Waals surface area contributed by atoms with E-state index in [-0.39, 0.29) is 30.7 Å². The summed E-state index contributed by atoms with van der Waals surface area (Å²) in [6.45, 7) is 6.67. The molecule has 1 N–H and O–H groups in total. The Hall–Kier alpha value is -2.70. The number of aliphatic carboxylic acids is 1. The van der Waals surface area contributed by atoms with Crippen LogP contribution in [-0.2, 0) is 11.3 Å². The minimum atomic E-state index is -0.952. The molecule has 1 aliphatic rings. The molecule has 6 nitrogen and oxygen atoms in total. The van der Waals surface area contributed by atoms with Crippen molar-refractivity contribution < 1.29 is 19.1 Å². The lowest BCUT2D eigenvalue weighted by molar-refractivity contribution is -0.141. The van der Waals surface area contributed by atoms with Gasteiger partial charge in [0, 0.05) is 31.2 Å². The summed E-state index contributed by atoms with van der Waals surface area (Å²) in [5.41, 5.74) is 2.70. The molecule has 26 heavy (non-hydrogen) atoms. The summed E-state index contributed by atoms with van der Waals surface area (Å²) in [5, 5.41) is 14.0. The Kier molecular flexibility index (Phi) is 4.80. The van der Waals surface area contributed by atoms with Crippen LogP contribution in [-0.4, -0.2) is 44.8 Å². The molecule has 1 aliphatic heterocycles. The number of carbonyl (C=O) groups is 2. The summed E-state index contributed by atoms with van der Waals surface area (Å²) in [4.78, 5) is 26.3. The molecule has 1 saturated heterocycles. The first-order valence-corrected chi connectivity index (χ1v) is 8.65. The van der Waals surface area contributed by atoms with Crippen molar-refractivity contribution in [3.05, 3.63) is 52.6 Å². The molecule has 7 heteroatoms. The third-order valence-electron chi connectivity index (χ3n) is 5.12. The normalized spacial score (nSPS) is 19.8. The average molecular weight is 359 g/mol. The highest BCUT2D eigenvalue weighted by Crippen LogP contribution is 2.34. The maximum absolute atomic E-state index is 13.2. The van der Waals surface area contributed by atoms with Gasteiger partial charge in [-0.2, -0.15) is 5.10 Å². The van der Waals surface area contributed by atoms with Crippen molar-refractivity contribution in [2.75, 3.05) is 13.1 Å². The van der Waals surface area contributed by atoms with E-state index in [0.717, 1.165) is 11.3 Å². The summed E-state index contributed by atoms with van der Waals surface area (Å²) >= 11 is 0. The molecule has 2 atom stereocenters. The van der Waals surface area contributed by atoms with Crippen molar-refractivity contribution in [3.63, 3.8) is 0 Å². The van der Waals surface area contributed by atoms with E-state index in [9.17, 15) is 19.1 Å². The summed E-state index contributed by atoms with van der Waals surface area (Å²) in [6.07, 6.45) is 0. The van der Waals surface area contributed by atoms with E-state index < -0.39 is 11.9 Å². The molecule has 0 spiro atoms. The number of amides is 1. The molecule has 138 valence electrons. The maximum atomic E-state index is 13.2. The number of carboxylic acid groups (broad SMARTS) is 1. The molecule has 1 fully saturated rings. The van der Waals surface area contributed by atoms with Crippen molar-refractivity contribution in [2.24, 2.45) is 5.92 Å². The van der Waals surface area contributed by atoms with E-state index in [1.807, 2.05) is 13.8 Å². The third-order valence-corrected chi connectivity index (χ3v) is 5.12. The molecule has 2 heterocycles. The molecule has 0 radical (unpaired) electrons. The first-order valence-electron chi connectivity index (χ1n) is 8.65. The summed E-state index contributed by atoms with van der Waals surface area (Å²) < 4.78 is 15.0. The second kappa shape index (κ2) is 6.90. The lowest BCUT2D eigenvalue weighted by atomic mass is 9.89. The zero-order valence-electron chi connectivity index (χ0n) is 15.1. The number of nitrogens with zero attached hydrogens (tertiary/aromatic N) is 3. The van der Waals surface area contributed by atoms with E-state index in [2.05, 4.69) is 5.10 Å². The molecular formula is C19H22FN3O3. The smallest absolute Gasteiger partial charge is 0.308 e. The first kappa shape index (κ1) is 18.1. The minimum Gasteiger partial charge on any atom is -0.481 e. The Morgan fingerprint density at radius 2 is 1.88 bits per heavy atom. The molecular weight excluding hydrogens is 337 g/mol. The van der Waals surface area contributed by atoms with Crippen LogP contribution in [0, 0.1) is 25.6 Å². The first-order chi connectivity index (χ1) is 12.3. The van der Waals surface area contributed by atoms with Crippen molar-refractivity contribution in [2.45, 2.75) is 33.2 Å². The molecule has 2 aromatic rings.